The fourth-order valence-corrected chi connectivity index (χ4v) is 5.02. The highest BCUT2D eigenvalue weighted by Crippen LogP contribution is 2.40. The molecular weight excluding hydrogens is 428 g/mol. The zero-order valence-electron chi connectivity index (χ0n) is 18.7. The zero-order valence-corrected chi connectivity index (χ0v) is 18.7. The summed E-state index contributed by atoms with van der Waals surface area (Å²) in [5.41, 5.74) is 11.0. The van der Waals surface area contributed by atoms with E-state index in [-0.39, 0.29) is 24.0 Å². The summed E-state index contributed by atoms with van der Waals surface area (Å²) in [4.78, 5) is 23.9. The van der Waals surface area contributed by atoms with Gasteiger partial charge < -0.3 is 20.1 Å². The van der Waals surface area contributed by atoms with E-state index in [1.54, 1.807) is 24.3 Å². The Labute approximate surface area is 197 Å². The van der Waals surface area contributed by atoms with Crippen LogP contribution in [-0.2, 0) is 24.4 Å². The molecule has 1 amide bonds. The molecule has 1 aromatic heterocycles. The van der Waals surface area contributed by atoms with Crippen molar-refractivity contribution < 1.29 is 19.4 Å². The van der Waals surface area contributed by atoms with Gasteiger partial charge in [-0.25, -0.2) is 4.79 Å². The monoisotopic (exact) mass is 454 g/mol. The summed E-state index contributed by atoms with van der Waals surface area (Å²) in [6.45, 7) is 0.813. The van der Waals surface area contributed by atoms with Gasteiger partial charge in [-0.3, -0.25) is 4.79 Å². The molecule has 1 heterocycles. The van der Waals surface area contributed by atoms with E-state index >= 15 is 0 Å². The number of carbonyl (C=O) groups is 2. The summed E-state index contributed by atoms with van der Waals surface area (Å²) in [6, 6.07) is 23.0. The molecule has 0 spiro atoms. The molecule has 1 unspecified atom stereocenters. The molecule has 172 valence electrons. The first-order valence-corrected chi connectivity index (χ1v) is 11.4. The lowest BCUT2D eigenvalue weighted by molar-refractivity contribution is -0.119. The number of nitrogens with zero attached hydrogens (tertiary/aromatic N) is 1. The molecule has 3 aromatic carbocycles. The topological polar surface area (TPSA) is 94.5 Å². The maximum absolute atomic E-state index is 12.3. The maximum atomic E-state index is 12.3. The molecule has 0 bridgehead atoms. The number of fused-ring (bicyclic) bond motifs is 3. The van der Waals surface area contributed by atoms with Crippen molar-refractivity contribution in [3.05, 3.63) is 101 Å². The van der Waals surface area contributed by atoms with Gasteiger partial charge in [-0.15, -0.1) is 0 Å². The van der Waals surface area contributed by atoms with E-state index in [1.807, 2.05) is 36.4 Å². The highest BCUT2D eigenvalue weighted by atomic mass is 16.5. The average Bonchev–Trinajstić information content (AvgIpc) is 3.16. The smallest absolute Gasteiger partial charge is 0.336 e. The van der Waals surface area contributed by atoms with Crippen LogP contribution in [0, 0.1) is 0 Å². The van der Waals surface area contributed by atoms with Gasteiger partial charge in [-0.05, 0) is 54.7 Å². The molecule has 0 aliphatic heterocycles. The Kier molecular flexibility index (Phi) is 5.80. The van der Waals surface area contributed by atoms with Crippen LogP contribution in [0.2, 0.25) is 0 Å². The lowest BCUT2D eigenvalue weighted by atomic mass is 9.86. The van der Waals surface area contributed by atoms with Crippen LogP contribution in [0.3, 0.4) is 0 Å². The fraction of sp³-hybridized carbons (Fsp3) is 0.214. The summed E-state index contributed by atoms with van der Waals surface area (Å²) < 4.78 is 8.24. The Morgan fingerprint density at radius 2 is 1.79 bits per heavy atom. The van der Waals surface area contributed by atoms with Crippen molar-refractivity contribution in [1.82, 2.24) is 4.57 Å². The first-order chi connectivity index (χ1) is 16.5. The van der Waals surface area contributed by atoms with Gasteiger partial charge in [-0.1, -0.05) is 48.5 Å². The van der Waals surface area contributed by atoms with Crippen molar-refractivity contribution >= 4 is 22.8 Å². The van der Waals surface area contributed by atoms with Gasteiger partial charge in [0.05, 0.1) is 11.5 Å². The van der Waals surface area contributed by atoms with E-state index in [4.69, 9.17) is 10.5 Å². The molecular formula is C28H26N2O4. The fourth-order valence-electron chi connectivity index (χ4n) is 5.02. The second-order valence-electron chi connectivity index (χ2n) is 8.71. The average molecular weight is 455 g/mol. The summed E-state index contributed by atoms with van der Waals surface area (Å²) in [7, 11) is 0. The number of amides is 1. The third-order valence-corrected chi connectivity index (χ3v) is 6.60. The largest absolute Gasteiger partial charge is 0.489 e. The van der Waals surface area contributed by atoms with Crippen molar-refractivity contribution in [2.75, 3.05) is 0 Å². The van der Waals surface area contributed by atoms with E-state index in [2.05, 4.69) is 16.7 Å². The van der Waals surface area contributed by atoms with Crippen molar-refractivity contribution in [1.29, 1.82) is 0 Å². The molecule has 5 rings (SSSR count). The minimum atomic E-state index is -0.973. The molecule has 4 aromatic rings. The van der Waals surface area contributed by atoms with E-state index in [9.17, 15) is 14.7 Å². The number of carboxylic acids is 1. The number of benzene rings is 3. The predicted octanol–water partition coefficient (Wildman–Crippen LogP) is 4.87. The molecule has 1 aliphatic carbocycles. The van der Waals surface area contributed by atoms with Crippen LogP contribution in [0.1, 0.15) is 51.5 Å². The number of primary amides is 1. The second-order valence-corrected chi connectivity index (χ2v) is 8.71. The summed E-state index contributed by atoms with van der Waals surface area (Å²) in [5, 5.41) is 10.5. The van der Waals surface area contributed by atoms with Crippen LogP contribution in [0.4, 0.5) is 0 Å². The number of hydrogen-bond donors (Lipinski definition) is 2. The van der Waals surface area contributed by atoms with Crippen molar-refractivity contribution in [2.45, 2.75) is 38.3 Å². The van der Waals surface area contributed by atoms with E-state index in [1.165, 1.54) is 0 Å². The van der Waals surface area contributed by atoms with Gasteiger partial charge in [0.1, 0.15) is 12.4 Å². The lowest BCUT2D eigenvalue weighted by Gasteiger charge is -2.23. The van der Waals surface area contributed by atoms with Gasteiger partial charge in [0.25, 0.3) is 0 Å². The highest BCUT2D eigenvalue weighted by molar-refractivity contribution is 5.91. The second kappa shape index (κ2) is 9.06. The number of carboxylic acid groups (broad SMARTS) is 1. The van der Waals surface area contributed by atoms with Crippen LogP contribution in [-0.4, -0.2) is 21.6 Å². The normalized spacial score (nSPS) is 15.1. The Morgan fingerprint density at radius 3 is 2.56 bits per heavy atom. The van der Waals surface area contributed by atoms with E-state index in [0.717, 1.165) is 47.0 Å². The molecule has 1 aliphatic rings. The van der Waals surface area contributed by atoms with Crippen LogP contribution in [0.5, 0.6) is 5.75 Å². The summed E-state index contributed by atoms with van der Waals surface area (Å²) in [6.07, 6.45) is 2.54. The van der Waals surface area contributed by atoms with Crippen LogP contribution < -0.4 is 10.5 Å². The zero-order chi connectivity index (χ0) is 23.7. The summed E-state index contributed by atoms with van der Waals surface area (Å²) in [5.74, 6) is -0.917. The van der Waals surface area contributed by atoms with E-state index in [0.29, 0.717) is 17.9 Å². The minimum absolute atomic E-state index is 0.158. The van der Waals surface area contributed by atoms with Gasteiger partial charge in [-0.2, -0.15) is 0 Å². The number of aromatic carboxylic acids is 1. The molecule has 3 N–H and O–H groups in total. The SMILES string of the molecule is NC(=O)C1CCCc2c1n(Cc1ccccc1)c1ccc(OCc3ccccc3C(=O)O)cc21. The highest BCUT2D eigenvalue weighted by Gasteiger charge is 2.31. The molecule has 0 radical (unpaired) electrons. The Balaban J connectivity index is 1.55. The van der Waals surface area contributed by atoms with E-state index < -0.39 is 5.97 Å². The Morgan fingerprint density at radius 1 is 1.03 bits per heavy atom. The van der Waals surface area contributed by atoms with Crippen molar-refractivity contribution in [2.24, 2.45) is 5.73 Å². The number of carbonyl (C=O) groups excluding carboxylic acids is 1. The third-order valence-electron chi connectivity index (χ3n) is 6.60. The lowest BCUT2D eigenvalue weighted by Crippen LogP contribution is -2.27. The number of aryl methyl sites for hydroxylation is 1. The third kappa shape index (κ3) is 4.03. The van der Waals surface area contributed by atoms with Crippen LogP contribution in [0.15, 0.2) is 72.8 Å². The number of nitrogens with two attached hydrogens (primary N) is 1. The van der Waals surface area contributed by atoms with Crippen LogP contribution in [0.25, 0.3) is 10.9 Å². The molecule has 6 nitrogen and oxygen atoms in total. The minimum Gasteiger partial charge on any atom is -0.489 e. The quantitative estimate of drug-likeness (QED) is 0.416. The number of aromatic nitrogens is 1. The molecule has 0 saturated carbocycles. The standard InChI is InChI=1S/C28H26N2O4/c29-27(31)23-12-6-11-22-24-15-20(34-17-19-9-4-5-10-21(19)28(32)33)13-14-25(24)30(26(22)23)16-18-7-2-1-3-8-18/h1-5,7-10,13-15,23H,6,11-12,16-17H2,(H2,29,31)(H,32,33). The molecule has 0 saturated heterocycles. The van der Waals surface area contributed by atoms with Gasteiger partial charge in [0, 0.05) is 28.7 Å². The number of rotatable bonds is 7. The van der Waals surface area contributed by atoms with Crippen LogP contribution >= 0.6 is 0 Å². The molecule has 0 fully saturated rings. The predicted molar refractivity (Wildman–Crippen MR) is 130 cm³/mol. The molecule has 6 heteroatoms. The Hall–Kier alpha value is -4.06. The number of hydrogen-bond acceptors (Lipinski definition) is 3. The van der Waals surface area contributed by atoms with Gasteiger partial charge in [0.15, 0.2) is 0 Å². The summed E-state index contributed by atoms with van der Waals surface area (Å²) >= 11 is 0. The number of ether oxygens (including phenoxy) is 1. The van der Waals surface area contributed by atoms with Crippen molar-refractivity contribution in [3.8, 4) is 5.75 Å². The molecule has 34 heavy (non-hydrogen) atoms. The maximum Gasteiger partial charge on any atom is 0.336 e. The van der Waals surface area contributed by atoms with Gasteiger partial charge >= 0.3 is 5.97 Å². The first-order valence-electron chi connectivity index (χ1n) is 11.4. The Bertz CT molecular complexity index is 1370. The van der Waals surface area contributed by atoms with Gasteiger partial charge in [0.2, 0.25) is 5.91 Å². The molecule has 1 atom stereocenters. The first kappa shape index (κ1) is 21.8. The van der Waals surface area contributed by atoms with Crippen molar-refractivity contribution in [3.63, 3.8) is 0 Å².